The number of halogens is 2. The van der Waals surface area contributed by atoms with Crippen LogP contribution in [0.5, 0.6) is 0 Å². The number of hydrogen-bond donors (Lipinski definition) is 1. The number of nitrogens with zero attached hydrogens (tertiary/aromatic N) is 2. The van der Waals surface area contributed by atoms with Crippen molar-refractivity contribution in [1.29, 1.82) is 0 Å². The number of rotatable bonds is 4. The second kappa shape index (κ2) is 5.63. The van der Waals surface area contributed by atoms with Crippen molar-refractivity contribution >= 4 is 15.9 Å². The van der Waals surface area contributed by atoms with Crippen molar-refractivity contribution in [3.05, 3.63) is 52.0 Å². The Kier molecular flexibility index (Phi) is 4.14. The van der Waals surface area contributed by atoms with Crippen LogP contribution in [0.3, 0.4) is 0 Å². The lowest BCUT2D eigenvalue weighted by Gasteiger charge is -2.14. The maximum atomic E-state index is 13.3. The first-order valence-corrected chi connectivity index (χ1v) is 6.48. The zero-order valence-electron chi connectivity index (χ0n) is 10.3. The molecule has 0 fully saturated rings. The number of hydrogen-bond acceptors (Lipinski definition) is 2. The van der Waals surface area contributed by atoms with Crippen LogP contribution in [0.4, 0.5) is 4.39 Å². The van der Waals surface area contributed by atoms with Gasteiger partial charge in [-0.3, -0.25) is 4.68 Å². The first-order valence-electron chi connectivity index (χ1n) is 5.69. The van der Waals surface area contributed by atoms with Crippen LogP contribution in [-0.2, 0) is 13.5 Å². The summed E-state index contributed by atoms with van der Waals surface area (Å²) in [6, 6.07) is 5.09. The summed E-state index contributed by atoms with van der Waals surface area (Å²) in [4.78, 5) is 0. The molecule has 1 heterocycles. The molecule has 5 heteroatoms. The fourth-order valence-electron chi connectivity index (χ4n) is 1.97. The lowest BCUT2D eigenvalue weighted by atomic mass is 10.0. The van der Waals surface area contributed by atoms with Crippen LogP contribution < -0.4 is 5.32 Å². The third kappa shape index (κ3) is 3.17. The van der Waals surface area contributed by atoms with Gasteiger partial charge in [0.1, 0.15) is 5.82 Å². The highest BCUT2D eigenvalue weighted by molar-refractivity contribution is 9.10. The van der Waals surface area contributed by atoms with Gasteiger partial charge in [0.25, 0.3) is 0 Å². The van der Waals surface area contributed by atoms with E-state index in [1.807, 2.05) is 32.6 Å². The topological polar surface area (TPSA) is 29.9 Å². The molecule has 1 aromatic heterocycles. The van der Waals surface area contributed by atoms with Crippen LogP contribution in [0, 0.1) is 5.82 Å². The highest BCUT2D eigenvalue weighted by Gasteiger charge is 2.12. The molecule has 96 valence electrons. The molecule has 0 saturated carbocycles. The van der Waals surface area contributed by atoms with Crippen LogP contribution in [0.15, 0.2) is 35.1 Å². The first kappa shape index (κ1) is 13.2. The third-order valence-corrected chi connectivity index (χ3v) is 3.30. The van der Waals surface area contributed by atoms with E-state index in [0.717, 1.165) is 22.0 Å². The Hall–Kier alpha value is -1.20. The molecule has 2 rings (SSSR count). The van der Waals surface area contributed by atoms with E-state index in [1.165, 1.54) is 6.07 Å². The molecule has 0 aliphatic carbocycles. The zero-order chi connectivity index (χ0) is 13.1. The Bertz CT molecular complexity index is 519. The Balaban J connectivity index is 2.20. The van der Waals surface area contributed by atoms with Gasteiger partial charge in [-0.2, -0.15) is 5.10 Å². The lowest BCUT2D eigenvalue weighted by molar-refractivity contribution is 0.583. The molecular weight excluding hydrogens is 297 g/mol. The van der Waals surface area contributed by atoms with E-state index in [9.17, 15) is 4.39 Å². The fraction of sp³-hybridized carbons (Fsp3) is 0.308. The molecule has 1 aromatic carbocycles. The van der Waals surface area contributed by atoms with E-state index >= 15 is 0 Å². The van der Waals surface area contributed by atoms with Crippen LogP contribution in [0.1, 0.15) is 17.2 Å². The van der Waals surface area contributed by atoms with Crippen molar-refractivity contribution in [1.82, 2.24) is 15.1 Å². The molecule has 1 unspecified atom stereocenters. The number of aryl methyl sites for hydroxylation is 1. The van der Waals surface area contributed by atoms with Crippen LogP contribution in [-0.4, -0.2) is 16.8 Å². The summed E-state index contributed by atoms with van der Waals surface area (Å²) < 4.78 is 15.8. The Morgan fingerprint density at radius 3 is 2.78 bits per heavy atom. The molecule has 3 nitrogen and oxygen atoms in total. The quantitative estimate of drug-likeness (QED) is 0.941. The van der Waals surface area contributed by atoms with Crippen molar-refractivity contribution in [2.75, 3.05) is 7.05 Å². The summed E-state index contributed by atoms with van der Waals surface area (Å²) in [6.07, 6.45) is 4.52. The van der Waals surface area contributed by atoms with Gasteiger partial charge in [0.05, 0.1) is 6.20 Å². The molecule has 0 saturated heterocycles. The van der Waals surface area contributed by atoms with Crippen molar-refractivity contribution < 1.29 is 4.39 Å². The average Bonchev–Trinajstić information content (AvgIpc) is 2.71. The molecule has 0 bridgehead atoms. The normalized spacial score (nSPS) is 12.7. The summed E-state index contributed by atoms with van der Waals surface area (Å²) in [5.41, 5.74) is 2.05. The van der Waals surface area contributed by atoms with Crippen LogP contribution >= 0.6 is 15.9 Å². The van der Waals surface area contributed by atoms with E-state index in [1.54, 1.807) is 10.7 Å². The summed E-state index contributed by atoms with van der Waals surface area (Å²) >= 11 is 3.31. The van der Waals surface area contributed by atoms with Gasteiger partial charge in [-0.15, -0.1) is 0 Å². The lowest BCUT2D eigenvalue weighted by Crippen LogP contribution is -2.18. The van der Waals surface area contributed by atoms with E-state index in [4.69, 9.17) is 0 Å². The minimum atomic E-state index is -0.222. The molecule has 0 radical (unpaired) electrons. The number of benzene rings is 1. The van der Waals surface area contributed by atoms with E-state index in [-0.39, 0.29) is 11.9 Å². The number of aromatic nitrogens is 2. The Labute approximate surface area is 114 Å². The van der Waals surface area contributed by atoms with Gasteiger partial charge in [0, 0.05) is 29.3 Å². The van der Waals surface area contributed by atoms with Gasteiger partial charge < -0.3 is 5.32 Å². The molecule has 0 spiro atoms. The molecule has 1 atom stereocenters. The summed E-state index contributed by atoms with van der Waals surface area (Å²) in [6.45, 7) is 0. The van der Waals surface area contributed by atoms with Crippen LogP contribution in [0.25, 0.3) is 0 Å². The Morgan fingerprint density at radius 1 is 1.44 bits per heavy atom. The molecule has 0 aliphatic heterocycles. The van der Waals surface area contributed by atoms with Crippen molar-refractivity contribution in [3.8, 4) is 0 Å². The standard InChI is InChI=1S/C13H15BrFN3/c1-16-13(10-7-17-18(2)8-10)5-9-3-11(14)6-12(15)4-9/h3-4,6-8,13,16H,5H2,1-2H3. The minimum Gasteiger partial charge on any atom is -0.313 e. The van der Waals surface area contributed by atoms with E-state index in [0.29, 0.717) is 0 Å². The molecule has 2 aromatic rings. The number of likely N-dealkylation sites (N-methyl/N-ethyl adjacent to an activating group) is 1. The second-order valence-electron chi connectivity index (χ2n) is 4.27. The second-order valence-corrected chi connectivity index (χ2v) is 5.19. The predicted octanol–water partition coefficient (Wildman–Crippen LogP) is 2.82. The summed E-state index contributed by atoms with van der Waals surface area (Å²) in [5, 5.41) is 7.38. The monoisotopic (exact) mass is 311 g/mol. The van der Waals surface area contributed by atoms with Gasteiger partial charge in [0.15, 0.2) is 0 Å². The van der Waals surface area contributed by atoms with Crippen molar-refractivity contribution in [2.24, 2.45) is 7.05 Å². The molecule has 1 N–H and O–H groups in total. The van der Waals surface area contributed by atoms with Crippen molar-refractivity contribution in [2.45, 2.75) is 12.5 Å². The smallest absolute Gasteiger partial charge is 0.124 e. The van der Waals surface area contributed by atoms with Gasteiger partial charge >= 0.3 is 0 Å². The SMILES string of the molecule is CNC(Cc1cc(F)cc(Br)c1)c1cnn(C)c1. The number of nitrogens with one attached hydrogen (secondary N) is 1. The average molecular weight is 312 g/mol. The Morgan fingerprint density at radius 2 is 2.22 bits per heavy atom. The summed E-state index contributed by atoms with van der Waals surface area (Å²) in [5.74, 6) is -0.222. The third-order valence-electron chi connectivity index (χ3n) is 2.84. The molecule has 0 aliphatic rings. The largest absolute Gasteiger partial charge is 0.313 e. The van der Waals surface area contributed by atoms with Gasteiger partial charge in [-0.25, -0.2) is 4.39 Å². The highest BCUT2D eigenvalue weighted by atomic mass is 79.9. The predicted molar refractivity (Wildman–Crippen MR) is 72.8 cm³/mol. The molecule has 18 heavy (non-hydrogen) atoms. The maximum Gasteiger partial charge on any atom is 0.124 e. The zero-order valence-corrected chi connectivity index (χ0v) is 11.9. The van der Waals surface area contributed by atoms with E-state index < -0.39 is 0 Å². The first-order chi connectivity index (χ1) is 8.58. The van der Waals surface area contributed by atoms with Gasteiger partial charge in [-0.05, 0) is 37.2 Å². The van der Waals surface area contributed by atoms with Crippen LogP contribution in [0.2, 0.25) is 0 Å². The highest BCUT2D eigenvalue weighted by Crippen LogP contribution is 2.21. The molecule has 0 amide bonds. The maximum absolute atomic E-state index is 13.3. The fourth-order valence-corrected chi connectivity index (χ4v) is 2.48. The van der Waals surface area contributed by atoms with Gasteiger partial charge in [-0.1, -0.05) is 15.9 Å². The minimum absolute atomic E-state index is 0.132. The summed E-state index contributed by atoms with van der Waals surface area (Å²) in [7, 11) is 3.78. The molecular formula is C13H15BrFN3. The van der Waals surface area contributed by atoms with E-state index in [2.05, 4.69) is 26.3 Å². The van der Waals surface area contributed by atoms with Crippen molar-refractivity contribution in [3.63, 3.8) is 0 Å². The van der Waals surface area contributed by atoms with Gasteiger partial charge in [0.2, 0.25) is 0 Å².